The second-order valence-corrected chi connectivity index (χ2v) is 8.32. The van der Waals surface area contributed by atoms with E-state index in [4.69, 9.17) is 19.0 Å². The number of carbonyl (C=O) groups is 1. The largest absolute Gasteiger partial charge is 0.342 e. The van der Waals surface area contributed by atoms with Crippen molar-refractivity contribution in [1.29, 1.82) is 0 Å². The molecular weight excluding hydrogens is 348 g/mol. The predicted molar refractivity (Wildman–Crippen MR) is 95.1 cm³/mol. The zero-order chi connectivity index (χ0) is 18.8. The first-order valence-electron chi connectivity index (χ1n) is 9.67. The minimum absolute atomic E-state index is 0.0216. The first kappa shape index (κ1) is 17.6. The zero-order valence-electron chi connectivity index (χ0n) is 15.9. The summed E-state index contributed by atoms with van der Waals surface area (Å²) in [5.41, 5.74) is 1.19. The molecule has 6 atom stereocenters. The SMILES string of the molecule is CC(=O)N1C[C@@H]2C[C@H]([C@@H]3O[C@@H]4OC(C)(C)O[C@@H]4[C@H]31)N(Cc1ccccc1)O2. The van der Waals surface area contributed by atoms with Crippen molar-refractivity contribution < 1.29 is 23.8 Å². The molecule has 7 nitrogen and oxygen atoms in total. The van der Waals surface area contributed by atoms with Crippen molar-refractivity contribution >= 4 is 5.91 Å². The standard InChI is InChI=1S/C20H26N2O5/c1-12(23)21-11-14-9-15(22(27-14)10-13-7-5-4-6-8-13)17-16(21)18-19(24-17)26-20(2,3)25-18/h4-8,14-19H,9-11H2,1-3H3/t14-,15+,16-,17-,18+,19+/m0/s1. The fourth-order valence-corrected chi connectivity index (χ4v) is 4.89. The molecule has 4 fully saturated rings. The van der Waals surface area contributed by atoms with E-state index >= 15 is 0 Å². The lowest BCUT2D eigenvalue weighted by Gasteiger charge is -2.39. The van der Waals surface area contributed by atoms with Gasteiger partial charge in [-0.25, -0.2) is 0 Å². The third-order valence-electron chi connectivity index (χ3n) is 5.94. The minimum Gasteiger partial charge on any atom is -0.342 e. The van der Waals surface area contributed by atoms with E-state index < -0.39 is 12.1 Å². The van der Waals surface area contributed by atoms with Crippen LogP contribution in [0.5, 0.6) is 0 Å². The van der Waals surface area contributed by atoms with E-state index in [0.717, 1.165) is 6.42 Å². The summed E-state index contributed by atoms with van der Waals surface area (Å²) in [6, 6.07) is 10.2. The topological polar surface area (TPSA) is 60.5 Å². The molecule has 0 spiro atoms. The quantitative estimate of drug-likeness (QED) is 0.785. The van der Waals surface area contributed by atoms with Gasteiger partial charge in [0.05, 0.1) is 18.2 Å². The van der Waals surface area contributed by atoms with Crippen LogP contribution in [-0.2, 0) is 30.4 Å². The van der Waals surface area contributed by atoms with Gasteiger partial charge in [-0.3, -0.25) is 9.63 Å². The number of rotatable bonds is 2. The summed E-state index contributed by atoms with van der Waals surface area (Å²) in [7, 11) is 0. The van der Waals surface area contributed by atoms with E-state index in [9.17, 15) is 4.79 Å². The molecule has 7 heteroatoms. The van der Waals surface area contributed by atoms with Gasteiger partial charge in [0.25, 0.3) is 0 Å². The number of likely N-dealkylation sites (tertiary alicyclic amines) is 1. The van der Waals surface area contributed by atoms with Crippen LogP contribution < -0.4 is 0 Å². The fraction of sp³-hybridized carbons (Fsp3) is 0.650. The number of hydrogen-bond donors (Lipinski definition) is 0. The summed E-state index contributed by atoms with van der Waals surface area (Å²) in [4.78, 5) is 20.5. The molecule has 0 aliphatic carbocycles. The molecule has 0 N–H and O–H groups in total. The Morgan fingerprint density at radius 2 is 1.96 bits per heavy atom. The van der Waals surface area contributed by atoms with Gasteiger partial charge in [0.1, 0.15) is 12.2 Å². The highest BCUT2D eigenvalue weighted by Gasteiger charge is 2.62. The Morgan fingerprint density at radius 1 is 1.19 bits per heavy atom. The van der Waals surface area contributed by atoms with Crippen molar-refractivity contribution in [3.63, 3.8) is 0 Å². The van der Waals surface area contributed by atoms with Crippen molar-refractivity contribution in [2.75, 3.05) is 6.54 Å². The average Bonchev–Trinajstić information content (AvgIpc) is 3.18. The maximum Gasteiger partial charge on any atom is 0.219 e. The molecule has 0 radical (unpaired) electrons. The summed E-state index contributed by atoms with van der Waals surface area (Å²) in [5, 5.41) is 2.03. The predicted octanol–water partition coefficient (Wildman–Crippen LogP) is 1.67. The van der Waals surface area contributed by atoms with Gasteiger partial charge >= 0.3 is 0 Å². The Labute approximate surface area is 159 Å². The maximum atomic E-state index is 12.4. The molecule has 4 heterocycles. The second kappa shape index (κ2) is 6.25. The van der Waals surface area contributed by atoms with Crippen LogP contribution in [0.15, 0.2) is 30.3 Å². The van der Waals surface area contributed by atoms with Crippen LogP contribution in [0.25, 0.3) is 0 Å². The van der Waals surface area contributed by atoms with Crippen LogP contribution in [0.2, 0.25) is 0 Å². The van der Waals surface area contributed by atoms with Gasteiger partial charge < -0.3 is 19.1 Å². The normalized spacial score (nSPS) is 39.9. The summed E-state index contributed by atoms with van der Waals surface area (Å²) < 4.78 is 18.4. The van der Waals surface area contributed by atoms with Gasteiger partial charge in [-0.05, 0) is 25.8 Å². The molecule has 0 aromatic heterocycles. The lowest BCUT2D eigenvalue weighted by Crippen LogP contribution is -2.56. The number of ether oxygens (including phenoxy) is 3. The van der Waals surface area contributed by atoms with Crippen LogP contribution >= 0.6 is 0 Å². The lowest BCUT2D eigenvalue weighted by molar-refractivity contribution is -0.242. The number of fused-ring (bicyclic) bond motifs is 6. The molecule has 4 aliphatic heterocycles. The average molecular weight is 374 g/mol. The summed E-state index contributed by atoms with van der Waals surface area (Å²) >= 11 is 0. The van der Waals surface area contributed by atoms with Crippen molar-refractivity contribution in [3.8, 4) is 0 Å². The number of amides is 1. The molecule has 0 unspecified atom stereocenters. The molecule has 1 amide bonds. The number of hydrogen-bond acceptors (Lipinski definition) is 6. The first-order valence-corrected chi connectivity index (χ1v) is 9.67. The first-order chi connectivity index (χ1) is 12.9. The second-order valence-electron chi connectivity index (χ2n) is 8.32. The molecule has 5 rings (SSSR count). The third-order valence-corrected chi connectivity index (χ3v) is 5.94. The Morgan fingerprint density at radius 3 is 2.70 bits per heavy atom. The molecule has 146 valence electrons. The Bertz CT molecular complexity index is 726. The van der Waals surface area contributed by atoms with E-state index in [1.165, 1.54) is 5.56 Å². The number of carbonyl (C=O) groups excluding carboxylic acids is 1. The highest BCUT2D eigenvalue weighted by molar-refractivity contribution is 5.74. The Balaban J connectivity index is 1.44. The molecule has 2 bridgehead atoms. The molecule has 0 saturated carbocycles. The highest BCUT2D eigenvalue weighted by atomic mass is 16.8. The Kier molecular flexibility index (Phi) is 4.07. The van der Waals surface area contributed by atoms with Crippen LogP contribution in [-0.4, -0.2) is 64.9 Å². The molecule has 1 aromatic carbocycles. The van der Waals surface area contributed by atoms with Crippen LogP contribution in [0, 0.1) is 0 Å². The van der Waals surface area contributed by atoms with E-state index in [1.54, 1.807) is 6.92 Å². The number of benzene rings is 1. The van der Waals surface area contributed by atoms with Gasteiger partial charge in [-0.15, -0.1) is 0 Å². The molecule has 27 heavy (non-hydrogen) atoms. The Hall–Kier alpha value is -1.51. The third kappa shape index (κ3) is 2.98. The summed E-state index contributed by atoms with van der Waals surface area (Å²) in [5.74, 6) is -0.679. The van der Waals surface area contributed by atoms with Gasteiger partial charge in [-0.1, -0.05) is 30.3 Å². The number of hydroxylamine groups is 2. The highest BCUT2D eigenvalue weighted by Crippen LogP contribution is 2.45. The smallest absolute Gasteiger partial charge is 0.219 e. The van der Waals surface area contributed by atoms with E-state index in [1.807, 2.05) is 42.0 Å². The van der Waals surface area contributed by atoms with Crippen LogP contribution in [0.3, 0.4) is 0 Å². The van der Waals surface area contributed by atoms with E-state index in [2.05, 4.69) is 12.1 Å². The number of nitrogens with zero attached hydrogens (tertiary/aromatic N) is 2. The van der Waals surface area contributed by atoms with Crippen molar-refractivity contribution in [2.24, 2.45) is 0 Å². The summed E-state index contributed by atoms with van der Waals surface area (Å²) in [6.45, 7) is 6.61. The van der Waals surface area contributed by atoms with Crippen molar-refractivity contribution in [2.45, 2.75) is 76.2 Å². The molecule has 1 aromatic rings. The van der Waals surface area contributed by atoms with Gasteiger partial charge in [0, 0.05) is 20.0 Å². The zero-order valence-corrected chi connectivity index (χ0v) is 15.9. The molecule has 4 aliphatic rings. The lowest BCUT2D eigenvalue weighted by atomic mass is 9.98. The van der Waals surface area contributed by atoms with Crippen molar-refractivity contribution in [1.82, 2.24) is 9.96 Å². The maximum absolute atomic E-state index is 12.4. The van der Waals surface area contributed by atoms with Crippen LogP contribution in [0.4, 0.5) is 0 Å². The van der Waals surface area contributed by atoms with Gasteiger partial charge in [-0.2, -0.15) is 5.06 Å². The van der Waals surface area contributed by atoms with Crippen LogP contribution in [0.1, 0.15) is 32.8 Å². The van der Waals surface area contributed by atoms with Crippen molar-refractivity contribution in [3.05, 3.63) is 35.9 Å². The van der Waals surface area contributed by atoms with Gasteiger partial charge in [0.15, 0.2) is 12.1 Å². The van der Waals surface area contributed by atoms with E-state index in [-0.39, 0.29) is 36.3 Å². The monoisotopic (exact) mass is 374 g/mol. The van der Waals surface area contributed by atoms with E-state index in [0.29, 0.717) is 13.1 Å². The summed E-state index contributed by atoms with van der Waals surface area (Å²) in [6.07, 6.45) is -0.109. The fourth-order valence-electron chi connectivity index (χ4n) is 4.89. The van der Waals surface area contributed by atoms with Gasteiger partial charge in [0.2, 0.25) is 5.91 Å². The minimum atomic E-state index is -0.700. The molecular formula is C20H26N2O5. The molecule has 4 saturated heterocycles.